The Labute approximate surface area is 158 Å². The zero-order valence-electron chi connectivity index (χ0n) is 15.7. The van der Waals surface area contributed by atoms with Crippen LogP contribution in [0.1, 0.15) is 54.4 Å². The molecule has 3 heterocycles. The summed E-state index contributed by atoms with van der Waals surface area (Å²) in [6, 6.07) is 2.00. The van der Waals surface area contributed by atoms with Crippen LogP contribution in [0.5, 0.6) is 0 Å². The highest BCUT2D eigenvalue weighted by molar-refractivity contribution is 5.93. The summed E-state index contributed by atoms with van der Waals surface area (Å²) in [5.41, 5.74) is 2.41. The van der Waals surface area contributed by atoms with Gasteiger partial charge in [0.2, 0.25) is 5.91 Å². The van der Waals surface area contributed by atoms with Crippen molar-refractivity contribution in [2.75, 3.05) is 6.54 Å². The van der Waals surface area contributed by atoms with Gasteiger partial charge in [-0.05, 0) is 32.3 Å². The molecule has 144 valence electrons. The highest BCUT2D eigenvalue weighted by Gasteiger charge is 2.30. The van der Waals surface area contributed by atoms with Crippen LogP contribution >= 0.6 is 0 Å². The fourth-order valence-corrected chi connectivity index (χ4v) is 3.64. The summed E-state index contributed by atoms with van der Waals surface area (Å²) < 4.78 is 3.70. The maximum Gasteiger partial charge on any atom is 0.254 e. The van der Waals surface area contributed by atoms with Gasteiger partial charge in [-0.25, -0.2) is 0 Å². The van der Waals surface area contributed by atoms with E-state index in [1.165, 1.54) is 6.42 Å². The number of fused-ring (bicyclic) bond motifs is 1. The van der Waals surface area contributed by atoms with Crippen molar-refractivity contribution >= 4 is 11.8 Å². The highest BCUT2D eigenvalue weighted by Crippen LogP contribution is 2.29. The number of nitrogens with one attached hydrogen (secondary N) is 1. The average molecular weight is 370 g/mol. The molecule has 0 radical (unpaired) electrons. The first-order valence-corrected chi connectivity index (χ1v) is 9.79. The van der Waals surface area contributed by atoms with Crippen LogP contribution in [0.3, 0.4) is 0 Å². The monoisotopic (exact) mass is 370 g/mol. The Kier molecular flexibility index (Phi) is 4.96. The molecule has 8 nitrogen and oxygen atoms in total. The van der Waals surface area contributed by atoms with Gasteiger partial charge in [0, 0.05) is 31.7 Å². The van der Waals surface area contributed by atoms with Gasteiger partial charge < -0.3 is 10.2 Å². The molecule has 1 N–H and O–H groups in total. The summed E-state index contributed by atoms with van der Waals surface area (Å²) >= 11 is 0. The fraction of sp³-hybridized carbons (Fsp3) is 0.579. The molecule has 1 fully saturated rings. The molecule has 2 aromatic rings. The van der Waals surface area contributed by atoms with Crippen molar-refractivity contribution < 1.29 is 9.59 Å². The van der Waals surface area contributed by atoms with Crippen LogP contribution in [0.4, 0.5) is 0 Å². The quantitative estimate of drug-likeness (QED) is 0.866. The van der Waals surface area contributed by atoms with E-state index in [0.29, 0.717) is 24.6 Å². The zero-order valence-corrected chi connectivity index (χ0v) is 15.7. The van der Waals surface area contributed by atoms with Crippen molar-refractivity contribution in [3.8, 4) is 0 Å². The molecule has 1 aliphatic heterocycles. The molecule has 27 heavy (non-hydrogen) atoms. The number of hydrogen-bond acceptors (Lipinski definition) is 4. The molecule has 2 aromatic heterocycles. The SMILES string of the molecule is CCn1cc(C(=O)NCc2cc3n(n2)CCCN(C(=O)C2CCC2)C3)cn1. The van der Waals surface area contributed by atoms with E-state index in [1.54, 1.807) is 17.1 Å². The van der Waals surface area contributed by atoms with E-state index in [9.17, 15) is 9.59 Å². The molecule has 2 amide bonds. The third-order valence-corrected chi connectivity index (χ3v) is 5.48. The highest BCUT2D eigenvalue weighted by atomic mass is 16.2. The van der Waals surface area contributed by atoms with Gasteiger partial charge in [0.25, 0.3) is 5.91 Å². The van der Waals surface area contributed by atoms with Crippen LogP contribution in [-0.2, 0) is 31.0 Å². The Balaban J connectivity index is 1.38. The van der Waals surface area contributed by atoms with Crippen LogP contribution in [0, 0.1) is 5.92 Å². The van der Waals surface area contributed by atoms with E-state index < -0.39 is 0 Å². The molecule has 0 aromatic carbocycles. The number of aromatic nitrogens is 4. The lowest BCUT2D eigenvalue weighted by molar-refractivity contribution is -0.138. The maximum atomic E-state index is 12.6. The van der Waals surface area contributed by atoms with Crippen molar-refractivity contribution in [2.24, 2.45) is 5.92 Å². The summed E-state index contributed by atoms with van der Waals surface area (Å²) in [6.45, 7) is 5.29. The van der Waals surface area contributed by atoms with E-state index in [2.05, 4.69) is 15.5 Å². The van der Waals surface area contributed by atoms with Crippen molar-refractivity contribution in [2.45, 2.75) is 58.8 Å². The first-order valence-electron chi connectivity index (χ1n) is 9.79. The first kappa shape index (κ1) is 17.8. The minimum absolute atomic E-state index is 0.153. The molecule has 4 rings (SSSR count). The predicted molar refractivity (Wildman–Crippen MR) is 98.7 cm³/mol. The number of carbonyl (C=O) groups is 2. The smallest absolute Gasteiger partial charge is 0.254 e. The summed E-state index contributed by atoms with van der Waals surface area (Å²) in [4.78, 5) is 26.8. The third kappa shape index (κ3) is 3.74. The number of aryl methyl sites for hydroxylation is 2. The number of rotatable bonds is 5. The number of amides is 2. The van der Waals surface area contributed by atoms with E-state index in [0.717, 1.165) is 50.3 Å². The molecule has 0 unspecified atom stereocenters. The number of carbonyl (C=O) groups excluding carboxylic acids is 2. The Hall–Kier alpha value is -2.64. The molecule has 2 aliphatic rings. The van der Waals surface area contributed by atoms with Crippen molar-refractivity contribution in [1.29, 1.82) is 0 Å². The lowest BCUT2D eigenvalue weighted by Crippen LogP contribution is -2.38. The van der Waals surface area contributed by atoms with Crippen molar-refractivity contribution in [1.82, 2.24) is 29.8 Å². The number of hydrogen-bond donors (Lipinski definition) is 1. The predicted octanol–water partition coefficient (Wildman–Crippen LogP) is 1.56. The van der Waals surface area contributed by atoms with Gasteiger partial charge in [0.05, 0.1) is 36.2 Å². The Morgan fingerprint density at radius 1 is 1.26 bits per heavy atom. The van der Waals surface area contributed by atoms with Gasteiger partial charge in [0.1, 0.15) is 0 Å². The summed E-state index contributed by atoms with van der Waals surface area (Å²) in [6.07, 6.45) is 7.45. The minimum atomic E-state index is -0.153. The van der Waals surface area contributed by atoms with Crippen molar-refractivity contribution in [3.05, 3.63) is 35.4 Å². The average Bonchev–Trinajstić information content (AvgIpc) is 3.20. The van der Waals surface area contributed by atoms with E-state index in [-0.39, 0.29) is 11.8 Å². The molecular weight excluding hydrogens is 344 g/mol. The molecule has 0 spiro atoms. The van der Waals surface area contributed by atoms with Gasteiger partial charge in [-0.15, -0.1) is 0 Å². The second-order valence-corrected chi connectivity index (χ2v) is 7.36. The lowest BCUT2D eigenvalue weighted by atomic mass is 9.84. The molecule has 1 aliphatic carbocycles. The van der Waals surface area contributed by atoms with Crippen LogP contribution in [0.2, 0.25) is 0 Å². The van der Waals surface area contributed by atoms with Crippen LogP contribution in [0.25, 0.3) is 0 Å². The Morgan fingerprint density at radius 3 is 2.81 bits per heavy atom. The zero-order chi connectivity index (χ0) is 18.8. The van der Waals surface area contributed by atoms with Gasteiger partial charge in [-0.3, -0.25) is 19.0 Å². The maximum absolute atomic E-state index is 12.6. The second-order valence-electron chi connectivity index (χ2n) is 7.36. The Morgan fingerprint density at radius 2 is 2.11 bits per heavy atom. The molecule has 1 saturated carbocycles. The van der Waals surface area contributed by atoms with Crippen LogP contribution in [0.15, 0.2) is 18.5 Å². The second kappa shape index (κ2) is 7.54. The first-order chi connectivity index (χ1) is 13.1. The topological polar surface area (TPSA) is 85.0 Å². The standard InChI is InChI=1S/C19H26N6O2/c1-2-24-12-15(10-21-24)18(26)20-11-16-9-17-13-23(7-4-8-25(17)22-16)19(27)14-5-3-6-14/h9-10,12,14H,2-8,11,13H2,1H3,(H,20,26). The van der Waals surface area contributed by atoms with E-state index in [4.69, 9.17) is 0 Å². The van der Waals surface area contributed by atoms with Crippen LogP contribution in [-0.4, -0.2) is 42.8 Å². The lowest BCUT2D eigenvalue weighted by Gasteiger charge is -2.30. The van der Waals surface area contributed by atoms with Crippen LogP contribution < -0.4 is 5.32 Å². The van der Waals surface area contributed by atoms with E-state index in [1.807, 2.05) is 22.6 Å². The molecule has 0 saturated heterocycles. The number of nitrogens with zero attached hydrogens (tertiary/aromatic N) is 5. The van der Waals surface area contributed by atoms with Gasteiger partial charge in [-0.1, -0.05) is 6.42 Å². The molecule has 0 bridgehead atoms. The summed E-state index contributed by atoms with van der Waals surface area (Å²) in [7, 11) is 0. The fourth-order valence-electron chi connectivity index (χ4n) is 3.64. The largest absolute Gasteiger partial charge is 0.346 e. The molecule has 0 atom stereocenters. The summed E-state index contributed by atoms with van der Waals surface area (Å²) in [5, 5.41) is 11.6. The third-order valence-electron chi connectivity index (χ3n) is 5.48. The van der Waals surface area contributed by atoms with E-state index >= 15 is 0 Å². The Bertz CT molecular complexity index is 835. The van der Waals surface area contributed by atoms with Gasteiger partial charge in [-0.2, -0.15) is 10.2 Å². The molecule has 8 heteroatoms. The minimum Gasteiger partial charge on any atom is -0.346 e. The van der Waals surface area contributed by atoms with Gasteiger partial charge >= 0.3 is 0 Å². The van der Waals surface area contributed by atoms with Crippen molar-refractivity contribution in [3.63, 3.8) is 0 Å². The normalized spacial score (nSPS) is 17.1. The molecular formula is C19H26N6O2. The summed E-state index contributed by atoms with van der Waals surface area (Å²) in [5.74, 6) is 0.362. The van der Waals surface area contributed by atoms with Gasteiger partial charge in [0.15, 0.2) is 0 Å².